The minimum Gasteiger partial charge on any atom is -0.457 e. The van der Waals surface area contributed by atoms with E-state index in [-0.39, 0.29) is 23.3 Å². The third kappa shape index (κ3) is 3.75. The Hall–Kier alpha value is -4.58. The monoisotopic (exact) mass is 457 g/mol. The quantitative estimate of drug-likeness (QED) is 0.449. The zero-order valence-corrected chi connectivity index (χ0v) is 18.2. The molecule has 9 heteroatoms. The van der Waals surface area contributed by atoms with Gasteiger partial charge in [0, 0.05) is 36.3 Å². The van der Waals surface area contributed by atoms with Gasteiger partial charge in [0.1, 0.15) is 23.0 Å². The number of rotatable bonds is 5. The summed E-state index contributed by atoms with van der Waals surface area (Å²) < 4.78 is 20.4. The zero-order chi connectivity index (χ0) is 23.8. The second-order valence-corrected chi connectivity index (χ2v) is 7.92. The van der Waals surface area contributed by atoms with Crippen LogP contribution >= 0.6 is 0 Å². The van der Waals surface area contributed by atoms with Crippen LogP contribution in [0.25, 0.3) is 16.9 Å². The van der Waals surface area contributed by atoms with Gasteiger partial charge in [-0.3, -0.25) is 14.7 Å². The van der Waals surface area contributed by atoms with Gasteiger partial charge in [-0.15, -0.1) is 0 Å². The molecule has 1 aliphatic heterocycles. The third-order valence-corrected chi connectivity index (χ3v) is 5.74. The van der Waals surface area contributed by atoms with E-state index in [1.165, 1.54) is 24.3 Å². The minimum atomic E-state index is -0.619. The summed E-state index contributed by atoms with van der Waals surface area (Å²) in [5.74, 6) is 5.14. The molecule has 3 heterocycles. The lowest BCUT2D eigenvalue weighted by Gasteiger charge is -2.37. The van der Waals surface area contributed by atoms with Crippen LogP contribution in [0.1, 0.15) is 28.9 Å². The molecule has 5 rings (SSSR count). The van der Waals surface area contributed by atoms with Crippen LogP contribution in [-0.2, 0) is 4.79 Å². The van der Waals surface area contributed by atoms with E-state index in [1.54, 1.807) is 46.8 Å². The Labute approximate surface area is 194 Å². The molecule has 2 aromatic heterocycles. The molecule has 34 heavy (non-hydrogen) atoms. The summed E-state index contributed by atoms with van der Waals surface area (Å²) in [4.78, 5) is 30.6. The molecule has 8 nitrogen and oxygen atoms in total. The number of H-pyrrole nitrogens is 1. The summed E-state index contributed by atoms with van der Waals surface area (Å²) in [7, 11) is 0. The lowest BCUT2D eigenvalue weighted by molar-refractivity contribution is -0.129. The van der Waals surface area contributed by atoms with E-state index in [0.29, 0.717) is 41.5 Å². The van der Waals surface area contributed by atoms with Crippen molar-refractivity contribution in [3.63, 3.8) is 0 Å². The number of nitrogens with two attached hydrogens (primary N) is 1. The van der Waals surface area contributed by atoms with Gasteiger partial charge in [0.15, 0.2) is 11.3 Å². The molecule has 0 spiro atoms. The number of hydrogen-bond acceptors (Lipinski definition) is 4. The van der Waals surface area contributed by atoms with Gasteiger partial charge in [-0.2, -0.15) is 0 Å². The molecule has 170 valence electrons. The van der Waals surface area contributed by atoms with Crippen molar-refractivity contribution in [2.75, 3.05) is 13.1 Å². The SMILES string of the molecule is CC#CC(=O)N1CC(c2c[nH]n3c(C(N)=O)c(-c4ccc(Oc5ccc(F)cc5)cc4)nc23)C1. The largest absolute Gasteiger partial charge is 0.457 e. The molecule has 4 aromatic rings. The Balaban J connectivity index is 1.42. The first-order chi connectivity index (χ1) is 16.4. The topological polar surface area (TPSA) is 106 Å². The fraction of sp³-hybridized carbons (Fsp3) is 0.160. The fourth-order valence-electron chi connectivity index (χ4n) is 4.01. The molecule has 2 aromatic carbocycles. The number of carbonyl (C=O) groups is 2. The Kier molecular flexibility index (Phi) is 5.26. The summed E-state index contributed by atoms with van der Waals surface area (Å²) >= 11 is 0. The number of imidazole rings is 1. The van der Waals surface area contributed by atoms with E-state index in [9.17, 15) is 14.0 Å². The number of halogens is 1. The predicted molar refractivity (Wildman–Crippen MR) is 123 cm³/mol. The Morgan fingerprint density at radius 2 is 1.76 bits per heavy atom. The summed E-state index contributed by atoms with van der Waals surface area (Å²) in [5, 5.41) is 3.06. The molecular weight excluding hydrogens is 437 g/mol. The average molecular weight is 457 g/mol. The second kappa shape index (κ2) is 8.41. The van der Waals surface area contributed by atoms with E-state index in [2.05, 4.69) is 16.9 Å². The molecule has 0 atom stereocenters. The number of hydrogen-bond donors (Lipinski definition) is 2. The van der Waals surface area contributed by atoms with Crippen molar-refractivity contribution in [2.24, 2.45) is 5.73 Å². The molecule has 0 aliphatic carbocycles. The summed E-state index contributed by atoms with van der Waals surface area (Å²) in [5.41, 5.74) is 8.55. The third-order valence-electron chi connectivity index (χ3n) is 5.74. The molecule has 2 amide bonds. The smallest absolute Gasteiger partial charge is 0.298 e. The molecule has 0 bridgehead atoms. The normalized spacial score (nSPS) is 13.3. The van der Waals surface area contributed by atoms with Crippen molar-refractivity contribution in [1.82, 2.24) is 19.5 Å². The second-order valence-electron chi connectivity index (χ2n) is 7.92. The number of aromatic nitrogens is 3. The van der Waals surface area contributed by atoms with E-state index in [4.69, 9.17) is 15.5 Å². The number of aromatic amines is 1. The Bertz CT molecular complexity index is 1450. The lowest BCUT2D eigenvalue weighted by Crippen LogP contribution is -2.47. The molecule has 1 saturated heterocycles. The summed E-state index contributed by atoms with van der Waals surface area (Å²) in [6.45, 7) is 2.69. The Morgan fingerprint density at radius 3 is 2.38 bits per heavy atom. The van der Waals surface area contributed by atoms with E-state index < -0.39 is 5.91 Å². The van der Waals surface area contributed by atoms with E-state index >= 15 is 0 Å². The number of carbonyl (C=O) groups excluding carboxylic acids is 2. The molecule has 3 N–H and O–H groups in total. The van der Waals surface area contributed by atoms with Crippen LogP contribution in [0.2, 0.25) is 0 Å². The number of fused-ring (bicyclic) bond motifs is 1. The van der Waals surface area contributed by atoms with Gasteiger partial charge in [-0.05, 0) is 61.4 Å². The standard InChI is InChI=1S/C25H20FN5O3/c1-2-3-21(32)30-13-16(14-30)20-12-28-31-23(24(27)33)22(29-25(20)31)15-4-8-18(9-5-15)34-19-10-6-17(26)7-11-19/h4-12,16,28H,13-14H2,1H3,(H2,27,33). The summed E-state index contributed by atoms with van der Waals surface area (Å²) in [6.07, 6.45) is 1.79. The molecule has 1 fully saturated rings. The highest BCUT2D eigenvalue weighted by molar-refractivity contribution is 5.99. The van der Waals surface area contributed by atoms with E-state index in [1.807, 2.05) is 0 Å². The van der Waals surface area contributed by atoms with Crippen LogP contribution in [0.5, 0.6) is 11.5 Å². The average Bonchev–Trinajstić information content (AvgIpc) is 3.35. The van der Waals surface area contributed by atoms with Gasteiger partial charge in [-0.25, -0.2) is 13.9 Å². The van der Waals surface area contributed by atoms with Crippen molar-refractivity contribution < 1.29 is 18.7 Å². The number of amides is 2. The van der Waals surface area contributed by atoms with Gasteiger partial charge in [0.2, 0.25) is 0 Å². The summed E-state index contributed by atoms with van der Waals surface area (Å²) in [6, 6.07) is 12.8. The zero-order valence-electron chi connectivity index (χ0n) is 18.2. The predicted octanol–water partition coefficient (Wildman–Crippen LogP) is 3.31. The van der Waals surface area contributed by atoms with Gasteiger partial charge in [0.25, 0.3) is 11.8 Å². The van der Waals surface area contributed by atoms with Crippen LogP contribution in [-0.4, -0.2) is 44.4 Å². The van der Waals surface area contributed by atoms with Crippen molar-refractivity contribution in [1.29, 1.82) is 0 Å². The first-order valence-electron chi connectivity index (χ1n) is 10.6. The number of benzene rings is 2. The van der Waals surface area contributed by atoms with Crippen molar-refractivity contribution in [3.05, 3.63) is 71.8 Å². The van der Waals surface area contributed by atoms with Crippen LogP contribution in [0.4, 0.5) is 4.39 Å². The molecular formula is C25H20FN5O3. The molecule has 0 saturated carbocycles. The fourth-order valence-corrected chi connectivity index (χ4v) is 4.01. The van der Waals surface area contributed by atoms with Gasteiger partial charge < -0.3 is 15.4 Å². The number of ether oxygens (including phenoxy) is 1. The van der Waals surface area contributed by atoms with Crippen LogP contribution in [0.15, 0.2) is 54.7 Å². The van der Waals surface area contributed by atoms with Gasteiger partial charge in [0.05, 0.1) is 0 Å². The number of likely N-dealkylation sites (tertiary alicyclic amines) is 1. The molecule has 1 aliphatic rings. The van der Waals surface area contributed by atoms with Crippen LogP contribution in [0.3, 0.4) is 0 Å². The Morgan fingerprint density at radius 1 is 1.12 bits per heavy atom. The first kappa shape index (κ1) is 21.3. The van der Waals surface area contributed by atoms with E-state index in [0.717, 1.165) is 5.56 Å². The highest BCUT2D eigenvalue weighted by atomic mass is 19.1. The van der Waals surface area contributed by atoms with Crippen LogP contribution in [0, 0.1) is 17.7 Å². The first-order valence-corrected chi connectivity index (χ1v) is 10.6. The van der Waals surface area contributed by atoms with Gasteiger partial charge in [-0.1, -0.05) is 5.92 Å². The highest BCUT2D eigenvalue weighted by Crippen LogP contribution is 2.33. The highest BCUT2D eigenvalue weighted by Gasteiger charge is 2.34. The maximum atomic E-state index is 13.1. The minimum absolute atomic E-state index is 0.0822. The molecule has 0 radical (unpaired) electrons. The number of nitrogens with one attached hydrogen (secondary N) is 1. The van der Waals surface area contributed by atoms with Crippen molar-refractivity contribution >= 4 is 17.5 Å². The maximum absolute atomic E-state index is 13.1. The number of nitrogens with zero attached hydrogens (tertiary/aromatic N) is 3. The lowest BCUT2D eigenvalue weighted by atomic mass is 9.93. The van der Waals surface area contributed by atoms with Crippen molar-refractivity contribution in [3.8, 4) is 34.6 Å². The van der Waals surface area contributed by atoms with Gasteiger partial charge >= 0.3 is 0 Å². The molecule has 0 unspecified atom stereocenters. The van der Waals surface area contributed by atoms with Crippen LogP contribution < -0.4 is 10.5 Å². The number of primary amides is 1. The maximum Gasteiger partial charge on any atom is 0.298 e. The van der Waals surface area contributed by atoms with Crippen molar-refractivity contribution in [2.45, 2.75) is 12.8 Å².